The van der Waals surface area contributed by atoms with E-state index >= 15 is 0 Å². The predicted octanol–water partition coefficient (Wildman–Crippen LogP) is 1.88. The molecule has 2 aliphatic rings. The third kappa shape index (κ3) is 1.62. The summed E-state index contributed by atoms with van der Waals surface area (Å²) in [5.74, 6) is 0.715. The van der Waals surface area contributed by atoms with Gasteiger partial charge in [-0.15, -0.1) is 0 Å². The number of aromatic nitrogens is 2. The molecule has 0 N–H and O–H groups in total. The molecule has 0 aromatic carbocycles. The molecule has 0 saturated heterocycles. The third-order valence-electron chi connectivity index (χ3n) is 3.65. The number of nitrogens with zero attached hydrogens (tertiary/aromatic N) is 2. The van der Waals surface area contributed by atoms with E-state index in [9.17, 15) is 4.79 Å². The monoisotopic (exact) mass is 220 g/mol. The van der Waals surface area contributed by atoms with Crippen LogP contribution in [-0.2, 0) is 9.53 Å². The van der Waals surface area contributed by atoms with Crippen LogP contribution in [-0.4, -0.2) is 22.9 Å². The topological polar surface area (TPSA) is 44.1 Å². The van der Waals surface area contributed by atoms with Crippen molar-refractivity contribution in [1.82, 2.24) is 9.78 Å². The summed E-state index contributed by atoms with van der Waals surface area (Å²) in [5, 5.41) is 4.58. The number of ether oxygens (including phenoxy) is 1. The second-order valence-corrected chi connectivity index (χ2v) is 4.84. The zero-order valence-electron chi connectivity index (χ0n) is 9.43. The summed E-state index contributed by atoms with van der Waals surface area (Å²) in [5.41, 5.74) is 1.22. The predicted molar refractivity (Wildman–Crippen MR) is 58.0 cm³/mol. The standard InChI is InChI=1S/C12H16N2O2/c1-16-12(15)9-6-10(7-9)14-5-4-11(13-14)8-2-3-8/h4-5,8-10H,2-3,6-7H2,1H3. The van der Waals surface area contributed by atoms with E-state index < -0.39 is 0 Å². The molecule has 2 fully saturated rings. The van der Waals surface area contributed by atoms with Crippen LogP contribution in [0.4, 0.5) is 0 Å². The highest BCUT2D eigenvalue weighted by molar-refractivity contribution is 5.73. The zero-order chi connectivity index (χ0) is 11.1. The molecule has 4 nitrogen and oxygen atoms in total. The van der Waals surface area contributed by atoms with Gasteiger partial charge in [0.25, 0.3) is 0 Å². The van der Waals surface area contributed by atoms with Crippen molar-refractivity contribution in [2.24, 2.45) is 5.92 Å². The maximum atomic E-state index is 11.2. The first-order valence-electron chi connectivity index (χ1n) is 5.91. The van der Waals surface area contributed by atoms with Crippen molar-refractivity contribution < 1.29 is 9.53 Å². The van der Waals surface area contributed by atoms with Crippen LogP contribution in [0.2, 0.25) is 0 Å². The van der Waals surface area contributed by atoms with Gasteiger partial charge in [0, 0.05) is 12.1 Å². The van der Waals surface area contributed by atoms with Crippen molar-refractivity contribution >= 4 is 5.97 Å². The van der Waals surface area contributed by atoms with Gasteiger partial charge in [-0.3, -0.25) is 9.48 Å². The van der Waals surface area contributed by atoms with Crippen molar-refractivity contribution in [3.8, 4) is 0 Å². The lowest BCUT2D eigenvalue weighted by Gasteiger charge is -2.33. The van der Waals surface area contributed by atoms with Crippen LogP contribution in [0.3, 0.4) is 0 Å². The lowest BCUT2D eigenvalue weighted by atomic mass is 9.80. The smallest absolute Gasteiger partial charge is 0.308 e. The minimum atomic E-state index is -0.0779. The molecule has 0 unspecified atom stereocenters. The Bertz CT molecular complexity index is 403. The van der Waals surface area contributed by atoms with Crippen LogP contribution >= 0.6 is 0 Å². The van der Waals surface area contributed by atoms with Crippen molar-refractivity contribution in [2.45, 2.75) is 37.6 Å². The highest BCUT2D eigenvalue weighted by Gasteiger charge is 2.37. The van der Waals surface area contributed by atoms with Crippen LogP contribution in [0.1, 0.15) is 43.3 Å². The van der Waals surface area contributed by atoms with Crippen LogP contribution < -0.4 is 0 Å². The van der Waals surface area contributed by atoms with Crippen molar-refractivity contribution in [3.63, 3.8) is 0 Å². The third-order valence-corrected chi connectivity index (χ3v) is 3.65. The van der Waals surface area contributed by atoms with E-state index in [1.807, 2.05) is 10.9 Å². The Balaban J connectivity index is 1.60. The number of methoxy groups -OCH3 is 1. The fourth-order valence-corrected chi connectivity index (χ4v) is 2.32. The van der Waals surface area contributed by atoms with E-state index in [1.165, 1.54) is 25.6 Å². The van der Waals surface area contributed by atoms with Gasteiger partial charge in [-0.1, -0.05) is 0 Å². The van der Waals surface area contributed by atoms with E-state index in [-0.39, 0.29) is 11.9 Å². The fourth-order valence-electron chi connectivity index (χ4n) is 2.32. The van der Waals surface area contributed by atoms with Gasteiger partial charge in [0.1, 0.15) is 0 Å². The van der Waals surface area contributed by atoms with E-state index in [1.54, 1.807) is 0 Å². The van der Waals surface area contributed by atoms with Crippen molar-refractivity contribution in [3.05, 3.63) is 18.0 Å². The van der Waals surface area contributed by atoms with E-state index in [0.29, 0.717) is 12.0 Å². The van der Waals surface area contributed by atoms with E-state index in [2.05, 4.69) is 11.2 Å². The van der Waals surface area contributed by atoms with Crippen LogP contribution in [0.15, 0.2) is 12.3 Å². The Labute approximate surface area is 94.6 Å². The first-order valence-corrected chi connectivity index (χ1v) is 5.91. The summed E-state index contributed by atoms with van der Waals surface area (Å²) in [6, 6.07) is 2.51. The van der Waals surface area contributed by atoms with Crippen molar-refractivity contribution in [2.75, 3.05) is 7.11 Å². The molecule has 4 heteroatoms. The molecule has 0 aliphatic heterocycles. The largest absolute Gasteiger partial charge is 0.469 e. The maximum Gasteiger partial charge on any atom is 0.308 e. The summed E-state index contributed by atoms with van der Waals surface area (Å²) in [6.45, 7) is 0. The number of rotatable bonds is 3. The summed E-state index contributed by atoms with van der Waals surface area (Å²) in [4.78, 5) is 11.2. The molecule has 3 rings (SSSR count). The first-order chi connectivity index (χ1) is 7.78. The van der Waals surface area contributed by atoms with Gasteiger partial charge in [-0.25, -0.2) is 0 Å². The van der Waals surface area contributed by atoms with Crippen molar-refractivity contribution in [1.29, 1.82) is 0 Å². The molecule has 0 atom stereocenters. The van der Waals surface area contributed by atoms with Gasteiger partial charge >= 0.3 is 5.97 Å². The first kappa shape index (κ1) is 9.87. The molecule has 2 saturated carbocycles. The van der Waals surface area contributed by atoms with Crippen LogP contribution in [0.25, 0.3) is 0 Å². The van der Waals surface area contributed by atoms with Gasteiger partial charge < -0.3 is 4.74 Å². The van der Waals surface area contributed by atoms with Gasteiger partial charge in [-0.05, 0) is 31.7 Å². The average molecular weight is 220 g/mol. The summed E-state index contributed by atoms with van der Waals surface area (Å²) in [6.07, 6.45) is 6.36. The second-order valence-electron chi connectivity index (χ2n) is 4.84. The minimum Gasteiger partial charge on any atom is -0.469 e. The zero-order valence-corrected chi connectivity index (χ0v) is 9.43. The maximum absolute atomic E-state index is 11.2. The molecule has 0 radical (unpaired) electrons. The molecule has 1 aromatic heterocycles. The number of carbonyl (C=O) groups excluding carboxylic acids is 1. The molecule has 0 amide bonds. The quantitative estimate of drug-likeness (QED) is 0.730. The van der Waals surface area contributed by atoms with Crippen LogP contribution in [0.5, 0.6) is 0 Å². The molecule has 0 bridgehead atoms. The Morgan fingerprint density at radius 2 is 2.25 bits per heavy atom. The molecule has 16 heavy (non-hydrogen) atoms. The number of hydrogen-bond acceptors (Lipinski definition) is 3. The molecule has 1 heterocycles. The number of carbonyl (C=O) groups is 1. The van der Waals surface area contributed by atoms with Gasteiger partial charge in [0.15, 0.2) is 0 Å². The summed E-state index contributed by atoms with van der Waals surface area (Å²) < 4.78 is 6.74. The SMILES string of the molecule is COC(=O)C1CC(n2ccc(C3CC3)n2)C1. The summed E-state index contributed by atoms with van der Waals surface area (Å²) in [7, 11) is 1.45. The Hall–Kier alpha value is -1.32. The van der Waals surface area contributed by atoms with Gasteiger partial charge in [-0.2, -0.15) is 5.10 Å². The second kappa shape index (κ2) is 3.61. The molecule has 1 aromatic rings. The van der Waals surface area contributed by atoms with Gasteiger partial charge in [0.2, 0.25) is 0 Å². The summed E-state index contributed by atoms with van der Waals surface area (Å²) >= 11 is 0. The molecule has 86 valence electrons. The Morgan fingerprint density at radius 3 is 2.88 bits per heavy atom. The molecular formula is C12H16N2O2. The molecular weight excluding hydrogens is 204 g/mol. The lowest BCUT2D eigenvalue weighted by molar-refractivity contribution is -0.149. The normalized spacial score (nSPS) is 28.6. The Morgan fingerprint density at radius 1 is 1.50 bits per heavy atom. The number of esters is 1. The number of hydrogen-bond donors (Lipinski definition) is 0. The molecule has 2 aliphatic carbocycles. The molecule has 0 spiro atoms. The van der Waals surface area contributed by atoms with Gasteiger partial charge in [0.05, 0.1) is 24.8 Å². The van der Waals surface area contributed by atoms with E-state index in [0.717, 1.165) is 12.8 Å². The highest BCUT2D eigenvalue weighted by atomic mass is 16.5. The van der Waals surface area contributed by atoms with Crippen LogP contribution in [0, 0.1) is 5.92 Å². The Kier molecular flexibility index (Phi) is 2.23. The highest BCUT2D eigenvalue weighted by Crippen LogP contribution is 2.41. The minimum absolute atomic E-state index is 0.0779. The fraction of sp³-hybridized carbons (Fsp3) is 0.667. The lowest BCUT2D eigenvalue weighted by Crippen LogP contribution is -2.33. The van der Waals surface area contributed by atoms with E-state index in [4.69, 9.17) is 4.74 Å². The average Bonchev–Trinajstić information content (AvgIpc) is 2.97.